The molecule has 20 heavy (non-hydrogen) atoms. The zero-order chi connectivity index (χ0) is 15.7. The molecular weight excluding hydrogens is 326 g/mol. The fourth-order valence-corrected chi connectivity index (χ4v) is 2.23. The van der Waals surface area contributed by atoms with Crippen LogP contribution in [-0.4, -0.2) is 72.2 Å². The maximum absolute atomic E-state index is 10.6. The second kappa shape index (κ2) is 6.44. The molecule has 0 aromatic rings. The van der Waals surface area contributed by atoms with Crippen LogP contribution in [0.25, 0.3) is 0 Å². The fraction of sp³-hybridized carbons (Fsp3) is 1.00. The summed E-state index contributed by atoms with van der Waals surface area (Å²) in [5.74, 6) is 0. The number of phosphoric acid groups is 2. The average molecular weight is 340 g/mol. The lowest BCUT2D eigenvalue weighted by Crippen LogP contribution is -2.59. The summed E-state index contributed by atoms with van der Waals surface area (Å²) in [6.45, 7) is -0.907. The number of rotatable bonds is 5. The van der Waals surface area contributed by atoms with Crippen molar-refractivity contribution in [1.82, 2.24) is 0 Å². The smallest absolute Gasteiger partial charge is 0.387 e. The van der Waals surface area contributed by atoms with Crippen molar-refractivity contribution in [2.24, 2.45) is 0 Å². The van der Waals surface area contributed by atoms with Crippen LogP contribution in [0.4, 0.5) is 0 Å². The van der Waals surface area contributed by atoms with Gasteiger partial charge in [0.2, 0.25) is 0 Å². The van der Waals surface area contributed by atoms with Gasteiger partial charge in [0.25, 0.3) is 0 Å². The highest BCUT2D eigenvalue weighted by molar-refractivity contribution is 7.46. The van der Waals surface area contributed by atoms with E-state index in [1.807, 2.05) is 0 Å². The van der Waals surface area contributed by atoms with Crippen LogP contribution in [0.2, 0.25) is 0 Å². The van der Waals surface area contributed by atoms with Crippen molar-refractivity contribution in [3.63, 3.8) is 0 Å². The topological polar surface area (TPSA) is 203 Å². The molecule has 1 fully saturated rings. The molecule has 1 saturated heterocycles. The van der Waals surface area contributed by atoms with Crippen LogP contribution in [-0.2, 0) is 22.9 Å². The Hall–Kier alpha value is 0.0600. The first-order valence-corrected chi connectivity index (χ1v) is 8.10. The van der Waals surface area contributed by atoms with Gasteiger partial charge in [-0.1, -0.05) is 0 Å². The third-order valence-corrected chi connectivity index (χ3v) is 3.28. The van der Waals surface area contributed by atoms with E-state index >= 15 is 0 Å². The van der Waals surface area contributed by atoms with Gasteiger partial charge in [-0.25, -0.2) is 9.13 Å². The largest absolute Gasteiger partial charge is 0.472 e. The quantitative estimate of drug-likeness (QED) is 0.250. The zero-order valence-electron chi connectivity index (χ0n) is 9.66. The molecular formula is C6H14O12P2. The molecule has 1 aliphatic heterocycles. The van der Waals surface area contributed by atoms with Crippen LogP contribution in [0.3, 0.4) is 0 Å². The average Bonchev–Trinajstić information content (AvgIpc) is 2.25. The number of aliphatic hydroxyl groups is 3. The van der Waals surface area contributed by atoms with Crippen LogP contribution >= 0.6 is 15.6 Å². The molecule has 120 valence electrons. The number of aliphatic hydroxyl groups excluding tert-OH is 3. The highest BCUT2D eigenvalue weighted by atomic mass is 31.2. The fourth-order valence-electron chi connectivity index (χ4n) is 1.45. The van der Waals surface area contributed by atoms with Crippen LogP contribution in [0.1, 0.15) is 0 Å². The van der Waals surface area contributed by atoms with Crippen molar-refractivity contribution < 1.29 is 57.8 Å². The molecule has 1 heterocycles. The van der Waals surface area contributed by atoms with Crippen molar-refractivity contribution in [1.29, 1.82) is 0 Å². The summed E-state index contributed by atoms with van der Waals surface area (Å²) in [7, 11) is -9.95. The molecule has 7 N–H and O–H groups in total. The van der Waals surface area contributed by atoms with E-state index in [0.29, 0.717) is 0 Å². The van der Waals surface area contributed by atoms with Gasteiger partial charge >= 0.3 is 15.6 Å². The Morgan fingerprint density at radius 2 is 1.45 bits per heavy atom. The number of hydrogen-bond acceptors (Lipinski definition) is 8. The van der Waals surface area contributed by atoms with E-state index in [4.69, 9.17) is 24.3 Å². The molecule has 0 unspecified atom stereocenters. The minimum Gasteiger partial charge on any atom is -0.387 e. The van der Waals surface area contributed by atoms with Gasteiger partial charge in [0.05, 0.1) is 6.61 Å². The molecule has 1 aliphatic rings. The Labute approximate surface area is 112 Å². The Bertz CT molecular complexity index is 412. The van der Waals surface area contributed by atoms with E-state index in [1.54, 1.807) is 0 Å². The number of phosphoric ester groups is 2. The van der Waals surface area contributed by atoms with E-state index in [1.165, 1.54) is 0 Å². The van der Waals surface area contributed by atoms with E-state index in [-0.39, 0.29) is 0 Å². The molecule has 0 saturated carbocycles. The zero-order valence-corrected chi connectivity index (χ0v) is 11.4. The molecule has 12 nitrogen and oxygen atoms in total. The van der Waals surface area contributed by atoms with Gasteiger partial charge in [0.15, 0.2) is 6.29 Å². The summed E-state index contributed by atoms with van der Waals surface area (Å²) >= 11 is 0. The maximum atomic E-state index is 10.6. The summed E-state index contributed by atoms with van der Waals surface area (Å²) in [4.78, 5) is 34.1. The van der Waals surface area contributed by atoms with Crippen molar-refractivity contribution in [3.05, 3.63) is 0 Å². The van der Waals surface area contributed by atoms with Gasteiger partial charge in [-0.2, -0.15) is 0 Å². The van der Waals surface area contributed by atoms with Crippen LogP contribution in [0.15, 0.2) is 0 Å². The molecule has 0 aromatic carbocycles. The molecule has 0 radical (unpaired) electrons. The van der Waals surface area contributed by atoms with E-state index < -0.39 is 53.0 Å². The molecule has 0 bridgehead atoms. The van der Waals surface area contributed by atoms with E-state index in [9.17, 15) is 24.4 Å². The summed E-state index contributed by atoms with van der Waals surface area (Å²) in [6.07, 6.45) is -9.32. The Morgan fingerprint density at radius 3 is 1.90 bits per heavy atom. The lowest BCUT2D eigenvalue weighted by Gasteiger charge is -2.39. The first-order chi connectivity index (χ1) is 8.91. The molecule has 0 spiro atoms. The third-order valence-electron chi connectivity index (χ3n) is 2.32. The predicted molar refractivity (Wildman–Crippen MR) is 57.8 cm³/mol. The van der Waals surface area contributed by atoms with Gasteiger partial charge in [-0.05, 0) is 0 Å². The lowest BCUT2D eigenvalue weighted by atomic mass is 10.00. The van der Waals surface area contributed by atoms with Crippen LogP contribution in [0, 0.1) is 0 Å². The summed E-state index contributed by atoms with van der Waals surface area (Å²) in [5.41, 5.74) is 0. The molecule has 1 rings (SSSR count). The second-order valence-electron chi connectivity index (χ2n) is 3.90. The summed E-state index contributed by atoms with van der Waals surface area (Å²) in [5, 5.41) is 28.4. The first-order valence-electron chi connectivity index (χ1n) is 5.04. The van der Waals surface area contributed by atoms with Crippen molar-refractivity contribution in [3.8, 4) is 0 Å². The minimum atomic E-state index is -5.07. The van der Waals surface area contributed by atoms with Crippen molar-refractivity contribution >= 4 is 15.6 Å². The van der Waals surface area contributed by atoms with Gasteiger partial charge in [-0.15, -0.1) is 0 Å². The molecule has 14 heteroatoms. The van der Waals surface area contributed by atoms with Crippen LogP contribution < -0.4 is 0 Å². The maximum Gasteiger partial charge on any atom is 0.472 e. The van der Waals surface area contributed by atoms with Gasteiger partial charge in [-0.3, -0.25) is 9.05 Å². The van der Waals surface area contributed by atoms with E-state index in [2.05, 4.69) is 9.05 Å². The second-order valence-corrected chi connectivity index (χ2v) is 6.33. The Balaban J connectivity index is 2.76. The SMILES string of the molecule is O=P(O)(O)OC[C@H]1O[C@@H](OP(=O)(O)O)[C@@H](O)[C@@H](O)[C@@H]1O. The van der Waals surface area contributed by atoms with E-state index in [0.717, 1.165) is 0 Å². The first kappa shape index (κ1) is 18.1. The summed E-state index contributed by atoms with van der Waals surface area (Å²) < 4.78 is 33.9. The van der Waals surface area contributed by atoms with Gasteiger partial charge in [0, 0.05) is 0 Å². The molecule has 0 aromatic heterocycles. The molecule has 0 aliphatic carbocycles. The summed E-state index contributed by atoms with van der Waals surface area (Å²) in [6, 6.07) is 0. The lowest BCUT2D eigenvalue weighted by molar-refractivity contribution is -0.279. The Kier molecular flexibility index (Phi) is 5.83. The molecule has 5 atom stereocenters. The highest BCUT2D eigenvalue weighted by Crippen LogP contribution is 2.41. The van der Waals surface area contributed by atoms with Gasteiger partial charge < -0.3 is 39.6 Å². The Morgan fingerprint density at radius 1 is 0.900 bits per heavy atom. The van der Waals surface area contributed by atoms with Gasteiger partial charge in [0.1, 0.15) is 24.4 Å². The van der Waals surface area contributed by atoms with Crippen molar-refractivity contribution in [2.75, 3.05) is 6.61 Å². The standard InChI is InChI=1S/C6H14O12P2/c7-3-2(1-16-19(10,11)12)17-6(5(9)4(3)8)18-20(13,14)15/h2-9H,1H2,(H2,10,11,12)(H2,13,14,15)/t2-,3-,4+,5+,6+/m1/s1. The van der Waals surface area contributed by atoms with Crippen LogP contribution in [0.5, 0.6) is 0 Å². The minimum absolute atomic E-state index is 0.907. The normalized spacial score (nSPS) is 36.0. The number of ether oxygens (including phenoxy) is 1. The molecule has 0 amide bonds. The highest BCUT2D eigenvalue weighted by Gasteiger charge is 2.47. The third kappa shape index (κ3) is 5.45. The van der Waals surface area contributed by atoms with Crippen molar-refractivity contribution in [2.45, 2.75) is 30.7 Å². The number of hydrogen-bond donors (Lipinski definition) is 7. The monoisotopic (exact) mass is 340 g/mol. The predicted octanol–water partition coefficient (Wildman–Crippen LogP) is -2.99.